The van der Waals surface area contributed by atoms with E-state index < -0.39 is 0 Å². The highest BCUT2D eigenvalue weighted by molar-refractivity contribution is 5.82. The van der Waals surface area contributed by atoms with Gasteiger partial charge in [0, 0.05) is 5.92 Å². The predicted molar refractivity (Wildman–Crippen MR) is 110 cm³/mol. The van der Waals surface area contributed by atoms with Crippen LogP contribution in [0.2, 0.25) is 0 Å². The molecule has 0 spiro atoms. The van der Waals surface area contributed by atoms with Gasteiger partial charge < -0.3 is 14.6 Å². The molecule has 0 aromatic heterocycles. The first-order chi connectivity index (χ1) is 13.2. The lowest BCUT2D eigenvalue weighted by Crippen LogP contribution is -2.14. The smallest absolute Gasteiger partial charge is 0.162 e. The van der Waals surface area contributed by atoms with Crippen molar-refractivity contribution in [3.8, 4) is 11.5 Å². The molecule has 0 fully saturated rings. The summed E-state index contributed by atoms with van der Waals surface area (Å²) < 4.78 is 11.7. The molecule has 3 rings (SSSR count). The van der Waals surface area contributed by atoms with E-state index in [4.69, 9.17) is 9.47 Å². The zero-order valence-electron chi connectivity index (χ0n) is 16.4. The first-order valence-electron chi connectivity index (χ1n) is 9.54. The first-order valence-corrected chi connectivity index (χ1v) is 9.54. The van der Waals surface area contributed by atoms with E-state index in [1.165, 1.54) is 11.1 Å². The van der Waals surface area contributed by atoms with Crippen molar-refractivity contribution in [3.05, 3.63) is 76.9 Å². The van der Waals surface area contributed by atoms with Crippen molar-refractivity contribution in [1.82, 2.24) is 0 Å². The molecule has 0 saturated heterocycles. The number of hydrogen-bond donors (Lipinski definition) is 1. The van der Waals surface area contributed by atoms with Gasteiger partial charge in [-0.15, -0.1) is 0 Å². The molecule has 0 heterocycles. The van der Waals surface area contributed by atoms with Crippen molar-refractivity contribution in [3.63, 3.8) is 0 Å². The van der Waals surface area contributed by atoms with E-state index in [0.29, 0.717) is 12.4 Å². The molecule has 2 aromatic carbocycles. The number of benzene rings is 2. The molecule has 2 aromatic rings. The summed E-state index contributed by atoms with van der Waals surface area (Å²) in [4.78, 5) is 0. The van der Waals surface area contributed by atoms with E-state index in [1.54, 1.807) is 7.11 Å². The Kier molecular flexibility index (Phi) is 6.36. The lowest BCUT2D eigenvalue weighted by molar-refractivity contribution is 0.261. The monoisotopic (exact) mass is 364 g/mol. The Morgan fingerprint density at radius 2 is 1.93 bits per heavy atom. The van der Waals surface area contributed by atoms with Gasteiger partial charge in [0.25, 0.3) is 0 Å². The van der Waals surface area contributed by atoms with Crippen LogP contribution in [0, 0.1) is 0 Å². The van der Waals surface area contributed by atoms with Crippen LogP contribution in [0.1, 0.15) is 49.3 Å². The average Bonchev–Trinajstić information content (AvgIpc) is 2.71. The van der Waals surface area contributed by atoms with E-state index in [-0.39, 0.29) is 12.5 Å². The van der Waals surface area contributed by atoms with Gasteiger partial charge in [0.15, 0.2) is 11.5 Å². The van der Waals surface area contributed by atoms with Crippen molar-refractivity contribution >= 4 is 5.57 Å². The maximum absolute atomic E-state index is 9.89. The van der Waals surface area contributed by atoms with Gasteiger partial charge in [-0.2, -0.15) is 0 Å². The number of allylic oxidation sites excluding steroid dienone is 4. The molecular formula is C24H28O3. The lowest BCUT2D eigenvalue weighted by Gasteiger charge is -2.28. The minimum atomic E-state index is 0.0934. The highest BCUT2D eigenvalue weighted by atomic mass is 16.5. The van der Waals surface area contributed by atoms with E-state index in [1.807, 2.05) is 36.4 Å². The van der Waals surface area contributed by atoms with Gasteiger partial charge in [-0.3, -0.25) is 0 Å². The topological polar surface area (TPSA) is 38.7 Å². The molecule has 3 nitrogen and oxygen atoms in total. The number of methoxy groups -OCH3 is 1. The molecular weight excluding hydrogens is 336 g/mol. The SMILES string of the molecule is CC/C=C\C1=C(C)CC(CO)c2cc(OC)c(OCc3ccccc3)cc21. The lowest BCUT2D eigenvalue weighted by atomic mass is 9.79. The second-order valence-corrected chi connectivity index (χ2v) is 6.95. The summed E-state index contributed by atoms with van der Waals surface area (Å²) in [6.45, 7) is 4.90. The van der Waals surface area contributed by atoms with E-state index in [9.17, 15) is 5.11 Å². The van der Waals surface area contributed by atoms with Crippen LogP contribution in [-0.2, 0) is 6.61 Å². The average molecular weight is 364 g/mol. The van der Waals surface area contributed by atoms with Crippen molar-refractivity contribution in [2.75, 3.05) is 13.7 Å². The third kappa shape index (κ3) is 4.25. The number of aliphatic hydroxyl groups excluding tert-OH is 1. The molecule has 27 heavy (non-hydrogen) atoms. The molecule has 0 bridgehead atoms. The minimum absolute atomic E-state index is 0.0934. The van der Waals surface area contributed by atoms with Gasteiger partial charge in [0.2, 0.25) is 0 Å². The van der Waals surface area contributed by atoms with E-state index in [2.05, 4.69) is 32.1 Å². The molecule has 0 aliphatic heterocycles. The summed E-state index contributed by atoms with van der Waals surface area (Å²) in [7, 11) is 1.66. The second kappa shape index (κ2) is 8.92. The third-order valence-corrected chi connectivity index (χ3v) is 5.06. The zero-order valence-corrected chi connectivity index (χ0v) is 16.4. The summed E-state index contributed by atoms with van der Waals surface area (Å²) in [5, 5.41) is 9.89. The summed E-state index contributed by atoms with van der Waals surface area (Å²) >= 11 is 0. The first kappa shape index (κ1) is 19.2. The standard InChI is InChI=1S/C24H28O3/c1-4-5-11-20-17(2)12-19(15-25)21-13-23(26-3)24(14-22(20)21)27-16-18-9-7-6-8-10-18/h5-11,13-14,19,25H,4,12,15-16H2,1-3H3/b11-5-. The van der Waals surface area contributed by atoms with Crippen LogP contribution in [-0.4, -0.2) is 18.8 Å². The van der Waals surface area contributed by atoms with Gasteiger partial charge in [0.1, 0.15) is 6.61 Å². The number of aliphatic hydroxyl groups is 1. The minimum Gasteiger partial charge on any atom is -0.493 e. The Balaban J connectivity index is 2.01. The van der Waals surface area contributed by atoms with Crippen LogP contribution in [0.25, 0.3) is 5.57 Å². The molecule has 1 atom stereocenters. The molecule has 1 unspecified atom stereocenters. The molecule has 0 radical (unpaired) electrons. The third-order valence-electron chi connectivity index (χ3n) is 5.06. The summed E-state index contributed by atoms with van der Waals surface area (Å²) in [6.07, 6.45) is 6.22. The fourth-order valence-corrected chi connectivity index (χ4v) is 3.60. The van der Waals surface area contributed by atoms with Crippen LogP contribution < -0.4 is 9.47 Å². The molecule has 1 aliphatic rings. The van der Waals surface area contributed by atoms with Crippen molar-refractivity contribution in [1.29, 1.82) is 0 Å². The van der Waals surface area contributed by atoms with E-state index in [0.717, 1.165) is 35.3 Å². The molecule has 1 aliphatic carbocycles. The Bertz CT molecular complexity index is 834. The second-order valence-electron chi connectivity index (χ2n) is 6.95. The van der Waals surface area contributed by atoms with Gasteiger partial charge in [-0.25, -0.2) is 0 Å². The van der Waals surface area contributed by atoms with Crippen molar-refractivity contribution in [2.45, 2.75) is 39.2 Å². The van der Waals surface area contributed by atoms with E-state index >= 15 is 0 Å². The normalized spacial score (nSPS) is 16.5. The number of fused-ring (bicyclic) bond motifs is 1. The summed E-state index contributed by atoms with van der Waals surface area (Å²) in [5.41, 5.74) is 5.90. The Labute approximate surface area is 162 Å². The number of ether oxygens (including phenoxy) is 2. The van der Waals surface area contributed by atoms with Gasteiger partial charge >= 0.3 is 0 Å². The Morgan fingerprint density at radius 1 is 1.15 bits per heavy atom. The molecule has 142 valence electrons. The maximum atomic E-state index is 9.89. The quantitative estimate of drug-likeness (QED) is 0.706. The fourth-order valence-electron chi connectivity index (χ4n) is 3.60. The summed E-state index contributed by atoms with van der Waals surface area (Å²) in [6, 6.07) is 14.2. The Hall–Kier alpha value is -2.52. The fraction of sp³-hybridized carbons (Fsp3) is 0.333. The zero-order chi connectivity index (χ0) is 19.2. The maximum Gasteiger partial charge on any atom is 0.162 e. The highest BCUT2D eigenvalue weighted by Crippen LogP contribution is 2.44. The molecule has 3 heteroatoms. The van der Waals surface area contributed by atoms with Gasteiger partial charge in [0.05, 0.1) is 13.7 Å². The molecule has 0 saturated carbocycles. The number of rotatable bonds is 7. The largest absolute Gasteiger partial charge is 0.493 e. The number of hydrogen-bond acceptors (Lipinski definition) is 3. The van der Waals surface area contributed by atoms with Crippen LogP contribution >= 0.6 is 0 Å². The van der Waals surface area contributed by atoms with Crippen molar-refractivity contribution in [2.24, 2.45) is 0 Å². The highest BCUT2D eigenvalue weighted by Gasteiger charge is 2.26. The van der Waals surface area contributed by atoms with Crippen molar-refractivity contribution < 1.29 is 14.6 Å². The molecule has 1 N–H and O–H groups in total. The van der Waals surface area contributed by atoms with Crippen LogP contribution in [0.15, 0.2) is 60.2 Å². The predicted octanol–water partition coefficient (Wildman–Crippen LogP) is 5.49. The van der Waals surface area contributed by atoms with Crippen LogP contribution in [0.3, 0.4) is 0 Å². The Morgan fingerprint density at radius 3 is 2.59 bits per heavy atom. The summed E-state index contributed by atoms with van der Waals surface area (Å²) in [5.74, 6) is 1.53. The molecule has 0 amide bonds. The van der Waals surface area contributed by atoms with Crippen LogP contribution in [0.5, 0.6) is 11.5 Å². The van der Waals surface area contributed by atoms with Gasteiger partial charge in [-0.1, -0.05) is 55.0 Å². The van der Waals surface area contributed by atoms with Gasteiger partial charge in [-0.05, 0) is 54.2 Å². The van der Waals surface area contributed by atoms with Crippen LogP contribution in [0.4, 0.5) is 0 Å².